The molecule has 1 amide bonds. The van der Waals surface area contributed by atoms with E-state index in [0.29, 0.717) is 32.7 Å². The second-order valence-electron chi connectivity index (χ2n) is 4.93. The zero-order valence-electron chi connectivity index (χ0n) is 11.7. The largest absolute Gasteiger partial charge is 0.493 e. The van der Waals surface area contributed by atoms with E-state index < -0.39 is 0 Å². The highest BCUT2D eigenvalue weighted by molar-refractivity contribution is 5.76. The number of nitrogens with zero attached hydrogens (tertiary/aromatic N) is 1. The SMILES string of the molecule is Cc1ccc(OCCC(=O)N2CCOC(CO)C2)cc1. The zero-order valence-corrected chi connectivity index (χ0v) is 11.7. The van der Waals surface area contributed by atoms with Crippen LogP contribution in [0.3, 0.4) is 0 Å². The van der Waals surface area contributed by atoms with Crippen LogP contribution in [-0.2, 0) is 9.53 Å². The molecule has 1 aliphatic heterocycles. The molecule has 5 heteroatoms. The number of morpholine rings is 1. The second-order valence-corrected chi connectivity index (χ2v) is 4.93. The predicted molar refractivity (Wildman–Crippen MR) is 74.7 cm³/mol. The van der Waals surface area contributed by atoms with Gasteiger partial charge in [-0.25, -0.2) is 0 Å². The Hall–Kier alpha value is -1.59. The van der Waals surface area contributed by atoms with Crippen molar-refractivity contribution in [2.75, 3.05) is 32.9 Å². The summed E-state index contributed by atoms with van der Waals surface area (Å²) in [5.41, 5.74) is 1.18. The third kappa shape index (κ3) is 4.21. The second kappa shape index (κ2) is 7.26. The Kier molecular flexibility index (Phi) is 5.38. The fraction of sp³-hybridized carbons (Fsp3) is 0.533. The average Bonchev–Trinajstić information content (AvgIpc) is 2.49. The van der Waals surface area contributed by atoms with Crippen molar-refractivity contribution in [1.82, 2.24) is 4.90 Å². The lowest BCUT2D eigenvalue weighted by atomic mass is 10.2. The minimum Gasteiger partial charge on any atom is -0.493 e. The van der Waals surface area contributed by atoms with Gasteiger partial charge in [0.25, 0.3) is 0 Å². The van der Waals surface area contributed by atoms with Crippen molar-refractivity contribution in [3.05, 3.63) is 29.8 Å². The molecule has 20 heavy (non-hydrogen) atoms. The molecule has 1 atom stereocenters. The van der Waals surface area contributed by atoms with Gasteiger partial charge < -0.3 is 19.5 Å². The number of aliphatic hydroxyl groups is 1. The first kappa shape index (κ1) is 14.8. The fourth-order valence-electron chi connectivity index (χ4n) is 2.11. The van der Waals surface area contributed by atoms with E-state index in [0.717, 1.165) is 5.75 Å². The highest BCUT2D eigenvalue weighted by Gasteiger charge is 2.23. The average molecular weight is 279 g/mol. The molecule has 1 heterocycles. The van der Waals surface area contributed by atoms with Gasteiger partial charge in [-0.2, -0.15) is 0 Å². The van der Waals surface area contributed by atoms with Gasteiger partial charge in [0, 0.05) is 13.1 Å². The van der Waals surface area contributed by atoms with Crippen LogP contribution in [0, 0.1) is 6.92 Å². The number of carbonyl (C=O) groups is 1. The Bertz CT molecular complexity index is 432. The Balaban J connectivity index is 1.73. The number of ether oxygens (including phenoxy) is 2. The van der Waals surface area contributed by atoms with Gasteiger partial charge >= 0.3 is 0 Å². The van der Waals surface area contributed by atoms with E-state index in [1.807, 2.05) is 31.2 Å². The number of hydrogen-bond acceptors (Lipinski definition) is 4. The lowest BCUT2D eigenvalue weighted by Gasteiger charge is -2.32. The van der Waals surface area contributed by atoms with Gasteiger partial charge in [-0.3, -0.25) is 4.79 Å². The minimum atomic E-state index is -0.259. The molecule has 1 N–H and O–H groups in total. The fourth-order valence-corrected chi connectivity index (χ4v) is 2.11. The van der Waals surface area contributed by atoms with Crippen LogP contribution in [0.4, 0.5) is 0 Å². The van der Waals surface area contributed by atoms with Crippen LogP contribution in [0.25, 0.3) is 0 Å². The molecule has 0 aromatic heterocycles. The Morgan fingerprint density at radius 2 is 2.20 bits per heavy atom. The van der Waals surface area contributed by atoms with Crippen molar-refractivity contribution < 1.29 is 19.4 Å². The molecule has 1 unspecified atom stereocenters. The summed E-state index contributed by atoms with van der Waals surface area (Å²) in [5.74, 6) is 0.817. The number of amides is 1. The topological polar surface area (TPSA) is 59.0 Å². The van der Waals surface area contributed by atoms with Crippen LogP contribution < -0.4 is 4.74 Å². The monoisotopic (exact) mass is 279 g/mol. The molecule has 0 radical (unpaired) electrons. The van der Waals surface area contributed by atoms with Gasteiger partial charge in [0.05, 0.1) is 32.3 Å². The van der Waals surface area contributed by atoms with Crippen LogP contribution in [-0.4, -0.2) is 54.9 Å². The molecule has 0 aliphatic carbocycles. The van der Waals surface area contributed by atoms with Crippen LogP contribution in [0.15, 0.2) is 24.3 Å². The van der Waals surface area contributed by atoms with Crippen molar-refractivity contribution in [2.45, 2.75) is 19.4 Å². The van der Waals surface area contributed by atoms with Crippen molar-refractivity contribution in [3.8, 4) is 5.75 Å². The van der Waals surface area contributed by atoms with E-state index in [2.05, 4.69) is 0 Å². The van der Waals surface area contributed by atoms with Crippen LogP contribution in [0.5, 0.6) is 5.75 Å². The maximum Gasteiger partial charge on any atom is 0.226 e. The van der Waals surface area contributed by atoms with Crippen molar-refractivity contribution in [1.29, 1.82) is 0 Å². The minimum absolute atomic E-state index is 0.0406. The summed E-state index contributed by atoms with van der Waals surface area (Å²) in [7, 11) is 0. The smallest absolute Gasteiger partial charge is 0.226 e. The van der Waals surface area contributed by atoms with Gasteiger partial charge in [-0.15, -0.1) is 0 Å². The maximum atomic E-state index is 12.0. The summed E-state index contributed by atoms with van der Waals surface area (Å²) < 4.78 is 10.9. The van der Waals surface area contributed by atoms with Crippen molar-refractivity contribution in [2.24, 2.45) is 0 Å². The summed E-state index contributed by atoms with van der Waals surface area (Å²) >= 11 is 0. The van der Waals surface area contributed by atoms with Gasteiger partial charge in [-0.1, -0.05) is 17.7 Å². The van der Waals surface area contributed by atoms with E-state index in [1.54, 1.807) is 4.90 Å². The van der Waals surface area contributed by atoms with Gasteiger partial charge in [0.15, 0.2) is 0 Å². The standard InChI is InChI=1S/C15H21NO4/c1-12-2-4-13(5-3-12)19-8-6-15(18)16-7-9-20-14(10-16)11-17/h2-5,14,17H,6-11H2,1H3. The number of hydrogen-bond donors (Lipinski definition) is 1. The summed E-state index contributed by atoms with van der Waals surface area (Å²) in [6.45, 7) is 3.85. The number of carbonyl (C=O) groups excluding carboxylic acids is 1. The number of rotatable bonds is 5. The summed E-state index contributed by atoms with van der Waals surface area (Å²) in [5, 5.41) is 9.05. The third-order valence-corrected chi connectivity index (χ3v) is 3.30. The number of aliphatic hydroxyl groups excluding tert-OH is 1. The van der Waals surface area contributed by atoms with E-state index in [1.165, 1.54) is 5.56 Å². The van der Waals surface area contributed by atoms with Gasteiger partial charge in [-0.05, 0) is 19.1 Å². The molecule has 1 aromatic rings. The van der Waals surface area contributed by atoms with E-state index in [-0.39, 0.29) is 18.6 Å². The molecule has 1 aromatic carbocycles. The van der Waals surface area contributed by atoms with E-state index in [4.69, 9.17) is 14.6 Å². The predicted octanol–water partition coefficient (Wildman–Crippen LogP) is 0.984. The lowest BCUT2D eigenvalue weighted by Crippen LogP contribution is -2.47. The first-order valence-corrected chi connectivity index (χ1v) is 6.89. The van der Waals surface area contributed by atoms with Crippen molar-refractivity contribution in [3.63, 3.8) is 0 Å². The molecular weight excluding hydrogens is 258 g/mol. The third-order valence-electron chi connectivity index (χ3n) is 3.30. The van der Waals surface area contributed by atoms with Gasteiger partial charge in [0.1, 0.15) is 5.75 Å². The quantitative estimate of drug-likeness (QED) is 0.873. The molecule has 1 fully saturated rings. The highest BCUT2D eigenvalue weighted by Crippen LogP contribution is 2.12. The Morgan fingerprint density at radius 1 is 1.45 bits per heavy atom. The molecule has 0 bridgehead atoms. The van der Waals surface area contributed by atoms with Crippen LogP contribution in [0.1, 0.15) is 12.0 Å². The molecule has 5 nitrogen and oxygen atoms in total. The summed E-state index contributed by atoms with van der Waals surface area (Å²) in [6, 6.07) is 7.75. The molecular formula is C15H21NO4. The van der Waals surface area contributed by atoms with E-state index >= 15 is 0 Å². The Morgan fingerprint density at radius 3 is 2.90 bits per heavy atom. The Labute approximate surface area is 119 Å². The summed E-state index contributed by atoms with van der Waals surface area (Å²) in [6.07, 6.45) is 0.0807. The van der Waals surface area contributed by atoms with Crippen LogP contribution >= 0.6 is 0 Å². The highest BCUT2D eigenvalue weighted by atomic mass is 16.5. The van der Waals surface area contributed by atoms with Gasteiger partial charge in [0.2, 0.25) is 5.91 Å². The molecule has 0 saturated carbocycles. The normalized spacial score (nSPS) is 18.9. The lowest BCUT2D eigenvalue weighted by molar-refractivity contribution is -0.140. The molecule has 0 spiro atoms. The maximum absolute atomic E-state index is 12.0. The van der Waals surface area contributed by atoms with Crippen LogP contribution in [0.2, 0.25) is 0 Å². The van der Waals surface area contributed by atoms with Crippen molar-refractivity contribution >= 4 is 5.91 Å². The molecule has 1 aliphatic rings. The molecule has 2 rings (SSSR count). The molecule has 110 valence electrons. The number of aryl methyl sites for hydroxylation is 1. The zero-order chi connectivity index (χ0) is 14.4. The first-order valence-electron chi connectivity index (χ1n) is 6.89. The first-order chi connectivity index (χ1) is 9.69. The number of benzene rings is 1. The molecule has 1 saturated heterocycles. The summed E-state index contributed by atoms with van der Waals surface area (Å²) in [4.78, 5) is 13.7. The van der Waals surface area contributed by atoms with E-state index in [9.17, 15) is 4.79 Å².